The molecule has 0 atom stereocenters. The molecule has 0 aliphatic carbocycles. The largest absolute Gasteiger partial charge is 0.263 e. The van der Waals surface area contributed by atoms with Crippen LogP contribution < -0.4 is 0 Å². The molecule has 0 N–H and O–H groups in total. The van der Waals surface area contributed by atoms with Gasteiger partial charge < -0.3 is 0 Å². The predicted molar refractivity (Wildman–Crippen MR) is 80.3 cm³/mol. The molecule has 0 radical (unpaired) electrons. The zero-order chi connectivity index (χ0) is 12.8. The maximum atomic E-state index is 4.20. The van der Waals surface area contributed by atoms with E-state index in [1.165, 1.54) is 25.7 Å². The van der Waals surface area contributed by atoms with Crippen molar-refractivity contribution in [2.24, 2.45) is 5.41 Å². The third-order valence-electron chi connectivity index (χ3n) is 3.08. The van der Waals surface area contributed by atoms with Crippen LogP contribution >= 0.6 is 11.3 Å². The molecular formula is C16H17NS. The second-order valence-electron chi connectivity index (χ2n) is 6.04. The summed E-state index contributed by atoms with van der Waals surface area (Å²) >= 11 is 1.84. The quantitative estimate of drug-likeness (QED) is 0.593. The Balaban J connectivity index is 2.15. The fourth-order valence-corrected chi connectivity index (χ4v) is 3.54. The zero-order valence-electron chi connectivity index (χ0n) is 11.0. The monoisotopic (exact) mass is 255 g/mol. The Kier molecular flexibility index (Phi) is 2.63. The fourth-order valence-electron chi connectivity index (χ4n) is 2.40. The van der Waals surface area contributed by atoms with Crippen LogP contribution in [0.2, 0.25) is 0 Å². The Morgan fingerprint density at radius 2 is 1.83 bits per heavy atom. The van der Waals surface area contributed by atoms with E-state index < -0.39 is 0 Å². The van der Waals surface area contributed by atoms with Crippen molar-refractivity contribution in [3.63, 3.8) is 0 Å². The van der Waals surface area contributed by atoms with Gasteiger partial charge in [0, 0.05) is 27.9 Å². The summed E-state index contributed by atoms with van der Waals surface area (Å²) in [5, 5.41) is 2.68. The molecule has 0 bridgehead atoms. The van der Waals surface area contributed by atoms with E-state index in [0.717, 1.165) is 6.42 Å². The van der Waals surface area contributed by atoms with Crippen LogP contribution in [0.3, 0.4) is 0 Å². The third kappa shape index (κ3) is 2.13. The number of thiophene rings is 1. The average molecular weight is 255 g/mol. The molecule has 0 aliphatic rings. The molecular weight excluding hydrogens is 238 g/mol. The van der Waals surface area contributed by atoms with Gasteiger partial charge in [-0.25, -0.2) is 0 Å². The molecule has 0 unspecified atom stereocenters. The minimum atomic E-state index is 0.339. The summed E-state index contributed by atoms with van der Waals surface area (Å²) in [5.74, 6) is 0. The van der Waals surface area contributed by atoms with Gasteiger partial charge in [-0.1, -0.05) is 32.9 Å². The summed E-state index contributed by atoms with van der Waals surface area (Å²) in [6, 6.07) is 8.97. The second kappa shape index (κ2) is 4.06. The van der Waals surface area contributed by atoms with Crippen LogP contribution in [-0.2, 0) is 6.42 Å². The van der Waals surface area contributed by atoms with Gasteiger partial charge in [-0.2, -0.15) is 0 Å². The zero-order valence-corrected chi connectivity index (χ0v) is 11.8. The standard InChI is InChI=1S/C16H17NS/c1-16(2,3)9-11-4-5-12-13-6-7-17-10-15(13)18-14(12)8-11/h4-8,10H,9H2,1-3H3. The van der Waals surface area contributed by atoms with E-state index in [4.69, 9.17) is 0 Å². The highest BCUT2D eigenvalue weighted by Crippen LogP contribution is 2.34. The molecule has 18 heavy (non-hydrogen) atoms. The molecule has 0 saturated heterocycles. The molecule has 1 nitrogen and oxygen atoms in total. The Labute approximate surface area is 111 Å². The topological polar surface area (TPSA) is 12.9 Å². The van der Waals surface area contributed by atoms with E-state index >= 15 is 0 Å². The predicted octanol–water partition coefficient (Wildman–Crippen LogP) is 5.04. The summed E-state index contributed by atoms with van der Waals surface area (Å²) in [5.41, 5.74) is 1.76. The summed E-state index contributed by atoms with van der Waals surface area (Å²) in [6.07, 6.45) is 4.95. The Hall–Kier alpha value is -1.41. The number of benzene rings is 1. The van der Waals surface area contributed by atoms with Crippen molar-refractivity contribution in [1.82, 2.24) is 4.98 Å². The molecule has 1 aromatic carbocycles. The first-order valence-corrected chi connectivity index (χ1v) is 7.10. The molecule has 3 rings (SSSR count). The van der Waals surface area contributed by atoms with Gasteiger partial charge in [0.15, 0.2) is 0 Å². The Morgan fingerprint density at radius 1 is 1.06 bits per heavy atom. The molecule has 0 saturated carbocycles. The summed E-state index contributed by atoms with van der Waals surface area (Å²) < 4.78 is 2.65. The van der Waals surface area contributed by atoms with E-state index in [2.05, 4.69) is 50.0 Å². The van der Waals surface area contributed by atoms with Gasteiger partial charge in [0.1, 0.15) is 0 Å². The highest BCUT2D eigenvalue weighted by atomic mass is 32.1. The SMILES string of the molecule is CC(C)(C)Cc1ccc2c(c1)sc1cnccc12. The van der Waals surface area contributed by atoms with Crippen molar-refractivity contribution in [1.29, 1.82) is 0 Å². The molecule has 0 amide bonds. The Bertz CT molecular complexity index is 704. The van der Waals surface area contributed by atoms with Crippen molar-refractivity contribution in [3.8, 4) is 0 Å². The number of aromatic nitrogens is 1. The van der Waals surface area contributed by atoms with Crippen LogP contribution in [0.4, 0.5) is 0 Å². The van der Waals surface area contributed by atoms with E-state index in [1.54, 1.807) is 0 Å². The van der Waals surface area contributed by atoms with Crippen LogP contribution in [0, 0.1) is 5.41 Å². The first kappa shape index (κ1) is 11.7. The maximum Gasteiger partial charge on any atom is 0.0538 e. The summed E-state index contributed by atoms with van der Waals surface area (Å²) in [4.78, 5) is 4.20. The number of nitrogens with zero attached hydrogens (tertiary/aromatic N) is 1. The summed E-state index contributed by atoms with van der Waals surface area (Å²) in [6.45, 7) is 6.85. The lowest BCUT2D eigenvalue weighted by molar-refractivity contribution is 0.411. The fraction of sp³-hybridized carbons (Fsp3) is 0.312. The smallest absolute Gasteiger partial charge is 0.0538 e. The van der Waals surface area contributed by atoms with Crippen LogP contribution in [0.1, 0.15) is 26.3 Å². The molecule has 3 aromatic rings. The lowest BCUT2D eigenvalue weighted by Crippen LogP contribution is -2.08. The molecule has 0 fully saturated rings. The molecule has 92 valence electrons. The minimum absolute atomic E-state index is 0.339. The van der Waals surface area contributed by atoms with Gasteiger partial charge >= 0.3 is 0 Å². The van der Waals surface area contributed by atoms with Gasteiger partial charge in [-0.05, 0) is 29.5 Å². The summed E-state index contributed by atoms with van der Waals surface area (Å²) in [7, 11) is 0. The van der Waals surface area contributed by atoms with Gasteiger partial charge in [-0.3, -0.25) is 4.98 Å². The van der Waals surface area contributed by atoms with E-state index in [9.17, 15) is 0 Å². The van der Waals surface area contributed by atoms with Crippen LogP contribution in [-0.4, -0.2) is 4.98 Å². The maximum absolute atomic E-state index is 4.20. The molecule has 2 heterocycles. The van der Waals surface area contributed by atoms with Gasteiger partial charge in [-0.15, -0.1) is 11.3 Å². The molecule has 2 aromatic heterocycles. The molecule has 0 spiro atoms. The normalized spacial score (nSPS) is 12.4. The molecule has 0 aliphatic heterocycles. The Morgan fingerprint density at radius 3 is 2.61 bits per heavy atom. The van der Waals surface area contributed by atoms with Gasteiger partial charge in [0.05, 0.1) is 4.70 Å². The number of pyridine rings is 1. The van der Waals surface area contributed by atoms with Crippen molar-refractivity contribution in [3.05, 3.63) is 42.2 Å². The van der Waals surface area contributed by atoms with E-state index in [1.807, 2.05) is 23.7 Å². The average Bonchev–Trinajstić information content (AvgIpc) is 2.64. The van der Waals surface area contributed by atoms with E-state index in [-0.39, 0.29) is 0 Å². The minimum Gasteiger partial charge on any atom is -0.263 e. The van der Waals surface area contributed by atoms with E-state index in [0.29, 0.717) is 5.41 Å². The molecule has 2 heteroatoms. The van der Waals surface area contributed by atoms with Crippen molar-refractivity contribution < 1.29 is 0 Å². The third-order valence-corrected chi connectivity index (χ3v) is 4.18. The van der Waals surface area contributed by atoms with Gasteiger partial charge in [0.25, 0.3) is 0 Å². The van der Waals surface area contributed by atoms with Crippen LogP contribution in [0.5, 0.6) is 0 Å². The number of hydrogen-bond donors (Lipinski definition) is 0. The van der Waals surface area contributed by atoms with Crippen molar-refractivity contribution in [2.75, 3.05) is 0 Å². The highest BCUT2D eigenvalue weighted by molar-refractivity contribution is 7.25. The lowest BCUT2D eigenvalue weighted by Gasteiger charge is -2.17. The first-order chi connectivity index (χ1) is 8.53. The number of hydrogen-bond acceptors (Lipinski definition) is 2. The number of fused-ring (bicyclic) bond motifs is 3. The van der Waals surface area contributed by atoms with Crippen LogP contribution in [0.25, 0.3) is 20.2 Å². The van der Waals surface area contributed by atoms with Gasteiger partial charge in [0.2, 0.25) is 0 Å². The lowest BCUT2D eigenvalue weighted by atomic mass is 9.88. The van der Waals surface area contributed by atoms with Crippen molar-refractivity contribution >= 4 is 31.5 Å². The van der Waals surface area contributed by atoms with Crippen molar-refractivity contribution in [2.45, 2.75) is 27.2 Å². The number of rotatable bonds is 1. The highest BCUT2D eigenvalue weighted by Gasteiger charge is 2.12. The second-order valence-corrected chi connectivity index (χ2v) is 7.13. The first-order valence-electron chi connectivity index (χ1n) is 6.28. The van der Waals surface area contributed by atoms with Crippen LogP contribution in [0.15, 0.2) is 36.7 Å².